The second-order valence-corrected chi connectivity index (χ2v) is 5.80. The van der Waals surface area contributed by atoms with Gasteiger partial charge in [0.2, 0.25) is 7.36 Å². The Morgan fingerprint density at radius 1 is 1.15 bits per heavy atom. The molecule has 0 saturated carbocycles. The van der Waals surface area contributed by atoms with Crippen LogP contribution in [0.2, 0.25) is 0 Å². The number of carbonyl (C=O) groups excluding carboxylic acids is 1. The Bertz CT molecular complexity index is 396. The zero-order chi connectivity index (χ0) is 16.3. The average molecular weight is 334 g/mol. The number of amides is 1. The third-order valence-corrected chi connectivity index (χ3v) is 4.80. The fourth-order valence-corrected chi connectivity index (χ4v) is 3.81. The van der Waals surface area contributed by atoms with Gasteiger partial charge in [-0.1, -0.05) is 0 Å². The molecule has 1 amide bonds. The molecule has 116 valence electrons. The van der Waals surface area contributed by atoms with Crippen LogP contribution in [0.15, 0.2) is 0 Å². The molecule has 0 fully saturated rings. The van der Waals surface area contributed by atoms with Crippen molar-refractivity contribution in [3.8, 4) is 0 Å². The molecule has 0 saturated heterocycles. The number of alkyl halides is 3. The van der Waals surface area contributed by atoms with Gasteiger partial charge in [-0.05, 0) is 28.2 Å². The monoisotopic (exact) mass is 334 g/mol. The number of carbonyl (C=O) groups is 2. The van der Waals surface area contributed by atoms with Gasteiger partial charge in [0.25, 0.3) is 0 Å². The first-order valence-corrected chi connectivity index (χ1v) is 7.39. The molecule has 1 atom stereocenters. The Morgan fingerprint density at radius 3 is 1.75 bits per heavy atom. The van der Waals surface area contributed by atoms with E-state index < -0.39 is 37.5 Å². The lowest BCUT2D eigenvalue weighted by Crippen LogP contribution is -2.67. The third-order valence-electron chi connectivity index (χ3n) is 2.54. The minimum atomic E-state index is -5.18. The molecule has 0 aliphatic heterocycles. The van der Waals surface area contributed by atoms with Gasteiger partial charge in [-0.15, -0.1) is 0 Å². The van der Waals surface area contributed by atoms with E-state index in [9.17, 15) is 22.8 Å². The third kappa shape index (κ3) is 3.85. The molecule has 11 heteroatoms. The van der Waals surface area contributed by atoms with E-state index >= 15 is 0 Å². The maximum Gasteiger partial charge on any atom is 0.471 e. The molecular weight excluding hydrogens is 318 g/mol. The van der Waals surface area contributed by atoms with Crippen LogP contribution in [0.4, 0.5) is 13.2 Å². The van der Waals surface area contributed by atoms with Gasteiger partial charge in [0.1, 0.15) is 6.54 Å². The summed E-state index contributed by atoms with van der Waals surface area (Å²) >= 11 is 4.90. The van der Waals surface area contributed by atoms with Gasteiger partial charge in [-0.25, -0.2) is 9.80 Å². The van der Waals surface area contributed by atoms with Gasteiger partial charge < -0.3 is 5.11 Å². The highest BCUT2D eigenvalue weighted by atomic mass is 32.4. The van der Waals surface area contributed by atoms with E-state index in [1.807, 2.05) is 0 Å². The number of hydrogen-bond donors (Lipinski definition) is 1. The summed E-state index contributed by atoms with van der Waals surface area (Å²) in [6.07, 6.45) is -5.18. The molecule has 0 bridgehead atoms. The van der Waals surface area contributed by atoms with Crippen LogP contribution in [-0.2, 0) is 21.4 Å². The van der Waals surface area contributed by atoms with E-state index in [1.54, 1.807) is 0 Å². The van der Waals surface area contributed by atoms with Crippen LogP contribution in [0.25, 0.3) is 0 Å². The largest absolute Gasteiger partial charge is 0.480 e. The number of aliphatic carboxylic acids is 1. The molecule has 0 aromatic heterocycles. The number of nitrogens with zero attached hydrogens (tertiary/aromatic N) is 3. The van der Waals surface area contributed by atoms with Crippen molar-refractivity contribution >= 4 is 31.0 Å². The highest BCUT2D eigenvalue weighted by Crippen LogP contribution is 2.35. The number of hydrogen-bond acceptors (Lipinski definition) is 5. The summed E-state index contributed by atoms with van der Waals surface area (Å²) in [6.45, 7) is -1.10. The van der Waals surface area contributed by atoms with Gasteiger partial charge in [-0.3, -0.25) is 14.5 Å². The first-order valence-electron chi connectivity index (χ1n) is 5.26. The van der Waals surface area contributed by atoms with E-state index in [0.717, 1.165) is 0 Å². The summed E-state index contributed by atoms with van der Waals surface area (Å²) in [5, 5.41) is 8.79. The molecule has 0 aliphatic carbocycles. The van der Waals surface area contributed by atoms with E-state index in [-0.39, 0.29) is 4.90 Å². The van der Waals surface area contributed by atoms with Gasteiger partial charge in [-0.2, -0.15) is 13.2 Å². The number of halogens is 3. The second-order valence-electron chi connectivity index (χ2n) is 4.31. The highest BCUT2D eigenvalue weighted by molar-refractivity contribution is 7.97. The van der Waals surface area contributed by atoms with Crippen molar-refractivity contribution < 1.29 is 27.9 Å². The lowest BCUT2D eigenvalue weighted by molar-refractivity contribution is -0.201. The summed E-state index contributed by atoms with van der Waals surface area (Å²) in [5.41, 5.74) is -1.64. The Morgan fingerprint density at radius 2 is 1.55 bits per heavy atom. The van der Waals surface area contributed by atoms with E-state index in [1.165, 1.54) is 38.0 Å². The quantitative estimate of drug-likeness (QED) is 0.558. The van der Waals surface area contributed by atoms with Crippen molar-refractivity contribution in [2.24, 2.45) is 0 Å². The van der Waals surface area contributed by atoms with Crippen LogP contribution in [-0.4, -0.2) is 78.1 Å². The van der Waals surface area contributed by atoms with Crippen LogP contribution in [0.1, 0.15) is 0 Å². The topological polar surface area (TPSA) is 64.1 Å². The van der Waals surface area contributed by atoms with E-state index in [4.69, 9.17) is 16.9 Å². The van der Waals surface area contributed by atoms with E-state index in [2.05, 4.69) is 0 Å². The van der Waals surface area contributed by atoms with Gasteiger partial charge in [0.15, 0.2) is 11.8 Å². The SMILES string of the molecule is CN(C)C([PH+]=S)(N(C)C)N(CC(=O)O)C(=O)C(F)(F)F. The Balaban J connectivity index is 5.98. The molecule has 0 spiro atoms. The normalized spacial score (nSPS) is 13.1. The predicted molar refractivity (Wildman–Crippen MR) is 71.2 cm³/mol. The van der Waals surface area contributed by atoms with Crippen molar-refractivity contribution in [3.63, 3.8) is 0 Å². The summed E-state index contributed by atoms with van der Waals surface area (Å²) in [7, 11) is 5.12. The molecule has 0 aliphatic rings. The molecule has 6 nitrogen and oxygen atoms in total. The molecule has 0 aromatic rings. The van der Waals surface area contributed by atoms with Crippen molar-refractivity contribution in [2.45, 2.75) is 11.7 Å². The number of carboxylic acids is 1. The summed E-state index contributed by atoms with van der Waals surface area (Å²) in [5.74, 6) is -3.79. The van der Waals surface area contributed by atoms with Gasteiger partial charge in [0.05, 0.1) is 0 Å². The second kappa shape index (κ2) is 6.75. The van der Waals surface area contributed by atoms with E-state index in [0.29, 0.717) is 0 Å². The van der Waals surface area contributed by atoms with Crippen LogP contribution in [0.5, 0.6) is 0 Å². The molecule has 0 heterocycles. The standard InChI is InChI=1S/C9H15F3N3O3PS/c1-13(2)9(19-20,14(3)4)15(5-6(16)17)7(18)8(10,11)12/h5H2,1-4H3,(H,16,17)/p+1. The van der Waals surface area contributed by atoms with Gasteiger partial charge >= 0.3 is 23.6 Å². The first-order chi connectivity index (χ1) is 8.91. The maximum atomic E-state index is 12.7. The molecule has 20 heavy (non-hydrogen) atoms. The Labute approximate surface area is 121 Å². The molecule has 0 aromatic carbocycles. The Kier molecular flexibility index (Phi) is 6.47. The highest BCUT2D eigenvalue weighted by Gasteiger charge is 2.57. The van der Waals surface area contributed by atoms with Crippen LogP contribution < -0.4 is 0 Å². The molecule has 0 rings (SSSR count). The molecule has 0 radical (unpaired) electrons. The smallest absolute Gasteiger partial charge is 0.471 e. The van der Waals surface area contributed by atoms with Crippen LogP contribution >= 0.6 is 7.36 Å². The molecular formula is C9H16F3N3O3PS+. The first kappa shape index (κ1) is 19.2. The van der Waals surface area contributed by atoms with Crippen LogP contribution in [0, 0.1) is 0 Å². The lowest BCUT2D eigenvalue weighted by Gasteiger charge is -2.42. The zero-order valence-electron chi connectivity index (χ0n) is 11.4. The minimum Gasteiger partial charge on any atom is -0.480 e. The van der Waals surface area contributed by atoms with Crippen molar-refractivity contribution in [1.82, 2.24) is 14.7 Å². The average Bonchev–Trinajstić information content (AvgIpc) is 2.25. The zero-order valence-corrected chi connectivity index (χ0v) is 13.2. The summed E-state index contributed by atoms with van der Waals surface area (Å²) < 4.78 is 38.1. The summed E-state index contributed by atoms with van der Waals surface area (Å²) in [6, 6.07) is 0. The van der Waals surface area contributed by atoms with Gasteiger partial charge in [0, 0.05) is 0 Å². The predicted octanol–water partition coefficient (Wildman–Crippen LogP) is 0.337. The lowest BCUT2D eigenvalue weighted by atomic mass is 10.4. The maximum absolute atomic E-state index is 12.7. The van der Waals surface area contributed by atoms with Crippen molar-refractivity contribution in [2.75, 3.05) is 34.7 Å². The number of carboxylic acid groups (broad SMARTS) is 1. The van der Waals surface area contributed by atoms with Crippen LogP contribution in [0.3, 0.4) is 0 Å². The fourth-order valence-electron chi connectivity index (χ4n) is 1.73. The molecule has 1 unspecified atom stereocenters. The Hall–Kier alpha value is -0.830. The van der Waals surface area contributed by atoms with Crippen molar-refractivity contribution in [1.29, 1.82) is 0 Å². The van der Waals surface area contributed by atoms with Crippen molar-refractivity contribution in [3.05, 3.63) is 0 Å². The summed E-state index contributed by atoms with van der Waals surface area (Å²) in [4.78, 5) is 25.2. The molecule has 1 N–H and O–H groups in total. The minimum absolute atomic E-state index is 0.237. The number of rotatable bonds is 6. The fraction of sp³-hybridized carbons (Fsp3) is 0.778.